The Balaban J connectivity index is 0.707. The van der Waals surface area contributed by atoms with Crippen molar-refractivity contribution in [1.82, 2.24) is 67.3 Å². The van der Waals surface area contributed by atoms with E-state index in [1.54, 1.807) is 13.8 Å². The zero-order chi connectivity index (χ0) is 89.1. The van der Waals surface area contributed by atoms with E-state index in [9.17, 15) is 72.2 Å². The van der Waals surface area contributed by atoms with Gasteiger partial charge in [0, 0.05) is 104 Å². The van der Waals surface area contributed by atoms with E-state index < -0.39 is 254 Å². The second-order valence-electron chi connectivity index (χ2n) is 28.8. The van der Waals surface area contributed by atoms with Gasteiger partial charge in [-0.25, -0.2) is 38.9 Å². The molecule has 0 saturated carbocycles. The summed E-state index contributed by atoms with van der Waals surface area (Å²) in [4.78, 5) is 210. The maximum absolute atomic E-state index is 14.8. The highest BCUT2D eigenvalue weighted by molar-refractivity contribution is 8.32. The summed E-state index contributed by atoms with van der Waals surface area (Å²) in [6.45, 7) is -23.4. The fourth-order valence-corrected chi connectivity index (χ4v) is 22.4. The molecule has 0 amide bonds. The molecule has 49 nitrogen and oxygen atoms in total. The molecule has 61 heteroatoms. The van der Waals surface area contributed by atoms with Gasteiger partial charge in [0.05, 0.1) is 82.1 Å². The van der Waals surface area contributed by atoms with Crippen LogP contribution in [-0.4, -0.2) is 186 Å². The normalized spacial score (nSPS) is 29.7. The lowest BCUT2D eigenvalue weighted by atomic mass is 10.1. The van der Waals surface area contributed by atoms with Gasteiger partial charge in [-0.3, -0.25) is 71.1 Å². The van der Waals surface area contributed by atoms with E-state index in [1.165, 1.54) is 63.4 Å². The van der Waals surface area contributed by atoms with Gasteiger partial charge < -0.3 is 131 Å². The zero-order valence-corrected chi connectivity index (χ0v) is 75.5. The monoisotopic (exact) mass is 1950 g/mol. The van der Waals surface area contributed by atoms with Crippen molar-refractivity contribution in [3.8, 4) is 0 Å². The maximum atomic E-state index is 14.8. The summed E-state index contributed by atoms with van der Waals surface area (Å²) < 4.78 is 128. The fourth-order valence-electron chi connectivity index (χ4n) is 14.1. The average molecular weight is 1950 g/mol. The molecule has 13 heterocycles. The van der Waals surface area contributed by atoms with Gasteiger partial charge in [0.1, 0.15) is 112 Å². The number of nitrogen functional groups attached to an aromatic ring is 2. The van der Waals surface area contributed by atoms with E-state index in [0.29, 0.717) is 5.56 Å². The van der Waals surface area contributed by atoms with Gasteiger partial charge in [0.2, 0.25) is 0 Å². The average Bonchev–Trinajstić information content (AvgIpc) is 1.65. The number of fused-ring (bicyclic) bond motifs is 1. The first-order chi connectivity index (χ1) is 57.7. The Hall–Kier alpha value is -5.34. The summed E-state index contributed by atoms with van der Waals surface area (Å²) >= 11 is 32.3. The first-order valence-electron chi connectivity index (χ1n) is 37.0. The topological polar surface area (TPSA) is 646 Å². The number of rotatable bonds is 35. The summed E-state index contributed by atoms with van der Waals surface area (Å²) in [7, 11) is 1.09. The van der Waals surface area contributed by atoms with E-state index in [4.69, 9.17) is 165 Å². The molecule has 6 fully saturated rings. The number of imidazole rings is 1. The van der Waals surface area contributed by atoms with E-state index in [2.05, 4.69) is 39.9 Å². The molecular formula is C62H79N16O33P6S6-5. The van der Waals surface area contributed by atoms with Crippen molar-refractivity contribution in [1.29, 1.82) is 0 Å². The highest BCUT2D eigenvalue weighted by Crippen LogP contribution is 2.56. The Morgan fingerprint density at radius 3 is 1.10 bits per heavy atom. The molecule has 7 aromatic heterocycles. The minimum Gasteiger partial charge on any atom is -0.780 e. The molecule has 6 aliphatic heterocycles. The van der Waals surface area contributed by atoms with Gasteiger partial charge in [0.25, 0.3) is 22.2 Å². The standard InChI is InChI=1S/C62H84N16O33P6S6/c1-8-32-33(9-44(100-32)74-16-28(3)54(79)69-59(74)84)107-113(89,119)95-21-40-35(11-46(102-40)75-17-29(4)55(80)70-60(75)85)109-115(91,121)97-22-41-37(13-48(103-41)77-19-31(6)57(82)72-62(77)87)110-116(92,122)99-24-43-38(14-49(105-43)78-26-67-50-52(64)65-25-66-53(50)78)111-117(93,123)98-23-42-36(12-47(104-42)76-18-30(5)56(81)71-61(76)86)108-114(90,120)96-20-39-34(106-112(88,118)94-7)10-45(101-39)73-15-27(2)51(63)68-58(73)83/h15-19,25-26,32-49H,8-14,20-24H2,1-7H3,(H,88,118)(H,89,119)(H,90,120)(H,91,121)(H,92,122)(H,93,123)(H2,63,68,83)(H2,64,65,66)(H,69,79,84)(H,70,80,85)(H,71,81,86)(H,72,82,87)/p-5/t32-,33?,34?,35?,36?,37?,38?,39-,40-,41-,42-,43-,44-,45-,46-,47-,48-,49-,112?,113?,114?,115?,116?,117?/m1/s1. The van der Waals surface area contributed by atoms with Gasteiger partial charge in [-0.1, -0.05) is 54.2 Å². The molecule has 0 aliphatic carbocycles. The summed E-state index contributed by atoms with van der Waals surface area (Å²) in [5, 5.41) is 0. The van der Waals surface area contributed by atoms with Crippen LogP contribution in [-0.2, 0) is 159 Å². The molecule has 123 heavy (non-hydrogen) atoms. The second-order valence-corrected chi connectivity index (χ2v) is 45.2. The molecule has 0 spiro atoms. The van der Waals surface area contributed by atoms with Crippen LogP contribution in [0.2, 0.25) is 0 Å². The molecule has 24 atom stereocenters. The number of hydrogen-bond donors (Lipinski definition) is 7. The predicted molar refractivity (Wildman–Crippen MR) is 438 cm³/mol. The van der Waals surface area contributed by atoms with Gasteiger partial charge in [-0.15, -0.1) is 0 Å². The van der Waals surface area contributed by atoms with Crippen molar-refractivity contribution in [3.63, 3.8) is 0 Å². The van der Waals surface area contributed by atoms with Crippen LogP contribution < -0.4 is 81.7 Å². The van der Waals surface area contributed by atoms with Crippen LogP contribution in [0.5, 0.6) is 0 Å². The van der Waals surface area contributed by atoms with Crippen LogP contribution in [0.15, 0.2) is 86.8 Å². The minimum absolute atomic E-state index is 0.0276. The quantitative estimate of drug-likeness (QED) is 0.0173. The molecule has 6 saturated heterocycles. The number of aromatic amines is 4. The van der Waals surface area contributed by atoms with Gasteiger partial charge in [-0.05, 0) is 52.8 Å². The molecule has 6 aliphatic rings. The van der Waals surface area contributed by atoms with Crippen LogP contribution in [0.25, 0.3) is 11.2 Å². The van der Waals surface area contributed by atoms with E-state index in [0.717, 1.165) is 42.5 Å². The summed E-state index contributed by atoms with van der Waals surface area (Å²) in [6.07, 6.45) is -17.0. The number of ether oxygens (including phenoxy) is 6. The summed E-state index contributed by atoms with van der Waals surface area (Å²) in [5.74, 6) is -0.0881. The third kappa shape index (κ3) is 22.9. The number of nitrogens with two attached hydrogens (primary N) is 2. The third-order valence-electron chi connectivity index (χ3n) is 20.3. The molecule has 676 valence electrons. The Labute approximate surface area is 723 Å². The van der Waals surface area contributed by atoms with E-state index in [1.807, 2.05) is 0 Å². The van der Waals surface area contributed by atoms with Crippen molar-refractivity contribution in [2.75, 3.05) is 51.6 Å². The van der Waals surface area contributed by atoms with Crippen molar-refractivity contribution in [3.05, 3.63) is 165 Å². The molecule has 0 radical (unpaired) electrons. The van der Waals surface area contributed by atoms with Crippen LogP contribution in [0.1, 0.15) is 117 Å². The number of aromatic nitrogens is 14. The van der Waals surface area contributed by atoms with Crippen LogP contribution in [0, 0.1) is 34.6 Å². The van der Waals surface area contributed by atoms with Crippen LogP contribution in [0.4, 0.5) is 11.6 Å². The first kappa shape index (κ1) is 95.2. The maximum Gasteiger partial charge on any atom is 0.351 e. The van der Waals surface area contributed by atoms with Crippen LogP contribution in [0.3, 0.4) is 0 Å². The SMILES string of the molecule is CC[C@H]1O[C@@H](n2cc(C)c(=O)[nH]c2=O)CC1OP([O-])(=S)OC[C@H]1O[C@@H](n2cc(C)c(=O)[nH]c2=O)CC1OP(=O)([S-])OC[C@H]1O[C@@H](n2cc(C)c(=O)[nH]c2=O)CC1OP([O-])(=S)OC[C@H]1O[C@@H](n2cnc3c(N)ncnc32)CC1OP([O-])(=S)OC[C@H]1O[C@@H](n2cc(C)c(=O)[nH]c2=O)CC1OP([O-])(=S)OC[C@H]1O[C@@H](n2cc(C)c(N)nc2=O)CC1OP(O)(=S)OC. The second kappa shape index (κ2) is 38.4. The zero-order valence-electron chi connectivity index (χ0n) is 65.2. The molecule has 9 N–H and O–H groups in total. The lowest BCUT2D eigenvalue weighted by molar-refractivity contribution is -0.221. The van der Waals surface area contributed by atoms with Crippen LogP contribution >= 0.6 is 40.4 Å². The summed E-state index contributed by atoms with van der Waals surface area (Å²) in [6, 6.07) is 0. The molecule has 13 rings (SSSR count). The number of hydrogen-bond acceptors (Lipinski definition) is 44. The first-order valence-corrected chi connectivity index (χ1v) is 52.4. The van der Waals surface area contributed by atoms with E-state index in [-0.39, 0.29) is 70.7 Å². The number of aryl methyl sites for hydroxylation is 5. The van der Waals surface area contributed by atoms with Crippen molar-refractivity contribution in [2.45, 2.75) is 197 Å². The molecular weight excluding hydrogens is 1880 g/mol. The smallest absolute Gasteiger partial charge is 0.351 e. The number of anilines is 2. The van der Waals surface area contributed by atoms with Crippen molar-refractivity contribution >= 4 is 134 Å². The lowest BCUT2D eigenvalue weighted by Crippen LogP contribution is -2.34. The number of nitrogens with zero attached hydrogens (tertiary/aromatic N) is 10. The number of nitrogens with one attached hydrogen (secondary N) is 4. The van der Waals surface area contributed by atoms with E-state index >= 15 is 0 Å². The largest absolute Gasteiger partial charge is 0.780 e. The Morgan fingerprint density at radius 2 is 0.748 bits per heavy atom. The van der Waals surface area contributed by atoms with Gasteiger partial charge in [0.15, 0.2) is 18.3 Å². The Bertz CT molecular complexity index is 6060. The van der Waals surface area contributed by atoms with Gasteiger partial charge >= 0.3 is 35.2 Å². The van der Waals surface area contributed by atoms with Crippen molar-refractivity contribution in [2.24, 2.45) is 0 Å². The summed E-state index contributed by atoms with van der Waals surface area (Å²) in [5.41, 5.74) is 5.63. The minimum atomic E-state index is -4.99. The molecule has 0 bridgehead atoms. The highest BCUT2D eigenvalue weighted by Gasteiger charge is 2.48. The molecule has 7 aromatic rings. The Morgan fingerprint density at radius 1 is 0.447 bits per heavy atom. The highest BCUT2D eigenvalue weighted by atomic mass is 32.7. The van der Waals surface area contributed by atoms with Crippen molar-refractivity contribution < 1.29 is 112 Å². The number of H-pyrrole nitrogens is 4. The fraction of sp³-hybridized carbons (Fsp3) is 0.597. The molecule has 0 aromatic carbocycles. The lowest BCUT2D eigenvalue weighted by Gasteiger charge is -2.36. The van der Waals surface area contributed by atoms with Gasteiger partial charge in [-0.2, -0.15) is 4.98 Å². The molecule has 12 unspecified atom stereocenters. The predicted octanol–water partition coefficient (Wildman–Crippen LogP) is -1.62. The Kier molecular flexibility index (Phi) is 29.7. The third-order valence-corrected chi connectivity index (χ3v) is 29.8.